The van der Waals surface area contributed by atoms with E-state index in [1.165, 1.54) is 7.11 Å². The first-order chi connectivity index (χ1) is 10.3. The van der Waals surface area contributed by atoms with E-state index in [-0.39, 0.29) is 5.97 Å². The zero-order valence-electron chi connectivity index (χ0n) is 11.7. The molecule has 1 aromatic heterocycles. The van der Waals surface area contributed by atoms with Crippen molar-refractivity contribution in [3.8, 4) is 16.9 Å². The van der Waals surface area contributed by atoms with Gasteiger partial charge < -0.3 is 9.30 Å². The van der Waals surface area contributed by atoms with E-state index in [2.05, 4.69) is 22.8 Å². The van der Waals surface area contributed by atoms with Gasteiger partial charge in [0.25, 0.3) is 0 Å². The molecule has 0 aliphatic carbocycles. The second-order valence-electron chi connectivity index (χ2n) is 4.67. The second kappa shape index (κ2) is 5.67. The van der Waals surface area contributed by atoms with E-state index in [9.17, 15) is 4.79 Å². The van der Waals surface area contributed by atoms with Crippen LogP contribution in [0.2, 0.25) is 0 Å². The van der Waals surface area contributed by atoms with Crippen LogP contribution in [0.25, 0.3) is 16.9 Å². The summed E-state index contributed by atoms with van der Waals surface area (Å²) in [4.78, 5) is 11.5. The number of carbonyl (C=O) groups excluding carboxylic acids is 1. The molecular weight excluding hydrogens is 262 g/mol. The molecule has 0 unspecified atom stereocenters. The fourth-order valence-electron chi connectivity index (χ4n) is 2.32. The molecule has 3 nitrogen and oxygen atoms in total. The number of carbonyl (C=O) groups is 1. The normalized spacial score (nSPS) is 10.3. The van der Waals surface area contributed by atoms with Crippen molar-refractivity contribution in [1.82, 2.24) is 4.57 Å². The molecule has 0 aliphatic rings. The summed E-state index contributed by atoms with van der Waals surface area (Å²) in [7, 11) is 1.39. The Morgan fingerprint density at radius 2 is 1.62 bits per heavy atom. The van der Waals surface area contributed by atoms with Crippen molar-refractivity contribution in [3.63, 3.8) is 0 Å². The Morgan fingerprint density at radius 1 is 0.905 bits per heavy atom. The molecule has 0 amide bonds. The summed E-state index contributed by atoms with van der Waals surface area (Å²) in [5, 5.41) is 0. The highest BCUT2D eigenvalue weighted by Gasteiger charge is 2.08. The van der Waals surface area contributed by atoms with E-state index in [1.807, 2.05) is 42.6 Å². The van der Waals surface area contributed by atoms with Gasteiger partial charge in [0.15, 0.2) is 0 Å². The Hall–Kier alpha value is -2.81. The molecule has 3 heteroatoms. The van der Waals surface area contributed by atoms with Crippen LogP contribution in [-0.4, -0.2) is 17.6 Å². The monoisotopic (exact) mass is 277 g/mol. The average molecular weight is 277 g/mol. The van der Waals surface area contributed by atoms with Gasteiger partial charge in [-0.25, -0.2) is 4.79 Å². The summed E-state index contributed by atoms with van der Waals surface area (Å²) in [5.74, 6) is -0.319. The lowest BCUT2D eigenvalue weighted by molar-refractivity contribution is 0.0601. The van der Waals surface area contributed by atoms with Crippen molar-refractivity contribution in [3.05, 3.63) is 78.5 Å². The number of methoxy groups -OCH3 is 1. The van der Waals surface area contributed by atoms with Crippen LogP contribution in [0.5, 0.6) is 0 Å². The van der Waals surface area contributed by atoms with Gasteiger partial charge in [0.2, 0.25) is 0 Å². The summed E-state index contributed by atoms with van der Waals surface area (Å²) in [6, 6.07) is 21.6. The molecule has 0 saturated heterocycles. The van der Waals surface area contributed by atoms with Crippen LogP contribution < -0.4 is 0 Å². The maximum Gasteiger partial charge on any atom is 0.337 e. The van der Waals surface area contributed by atoms with Crippen molar-refractivity contribution in [2.75, 3.05) is 7.11 Å². The Labute approximate surface area is 123 Å². The maximum absolute atomic E-state index is 11.5. The van der Waals surface area contributed by atoms with Crippen LogP contribution in [0, 0.1) is 0 Å². The van der Waals surface area contributed by atoms with Gasteiger partial charge in [-0.05, 0) is 42.0 Å². The summed E-state index contributed by atoms with van der Waals surface area (Å²) in [6.45, 7) is 0. The van der Waals surface area contributed by atoms with Crippen LogP contribution in [0.4, 0.5) is 0 Å². The van der Waals surface area contributed by atoms with Gasteiger partial charge in [0, 0.05) is 11.9 Å². The number of rotatable bonds is 3. The first-order valence-corrected chi connectivity index (χ1v) is 6.71. The Balaban J connectivity index is 1.99. The molecule has 0 N–H and O–H groups in total. The summed E-state index contributed by atoms with van der Waals surface area (Å²) in [6.07, 6.45) is 2.03. The topological polar surface area (TPSA) is 31.2 Å². The number of hydrogen-bond acceptors (Lipinski definition) is 2. The molecule has 2 aromatic carbocycles. The van der Waals surface area contributed by atoms with E-state index in [0.29, 0.717) is 5.56 Å². The van der Waals surface area contributed by atoms with Gasteiger partial charge in [-0.1, -0.05) is 30.3 Å². The SMILES string of the molecule is COC(=O)c1ccc(-c2cccn2-c2ccccc2)cc1. The van der Waals surface area contributed by atoms with Crippen molar-refractivity contribution in [1.29, 1.82) is 0 Å². The molecule has 0 radical (unpaired) electrons. The second-order valence-corrected chi connectivity index (χ2v) is 4.67. The van der Waals surface area contributed by atoms with E-state index in [0.717, 1.165) is 16.9 Å². The quantitative estimate of drug-likeness (QED) is 0.679. The molecule has 0 saturated carbocycles. The molecule has 1 heterocycles. The highest BCUT2D eigenvalue weighted by atomic mass is 16.5. The minimum atomic E-state index is -0.319. The van der Waals surface area contributed by atoms with Crippen molar-refractivity contribution in [2.24, 2.45) is 0 Å². The lowest BCUT2D eigenvalue weighted by atomic mass is 10.1. The zero-order valence-corrected chi connectivity index (χ0v) is 11.7. The number of ether oxygens (including phenoxy) is 1. The number of para-hydroxylation sites is 1. The number of benzene rings is 2. The molecule has 0 spiro atoms. The molecular formula is C18H15NO2. The lowest BCUT2D eigenvalue weighted by Gasteiger charge is -2.09. The van der Waals surface area contributed by atoms with Crippen LogP contribution in [0.1, 0.15) is 10.4 Å². The third-order valence-electron chi connectivity index (χ3n) is 3.38. The Morgan fingerprint density at radius 3 is 2.29 bits per heavy atom. The fraction of sp³-hybridized carbons (Fsp3) is 0.0556. The van der Waals surface area contributed by atoms with Crippen LogP contribution in [0.15, 0.2) is 72.9 Å². The number of esters is 1. The highest BCUT2D eigenvalue weighted by Crippen LogP contribution is 2.24. The Kier molecular flexibility index (Phi) is 3.56. The van der Waals surface area contributed by atoms with Gasteiger partial charge in [0.1, 0.15) is 0 Å². The third kappa shape index (κ3) is 2.58. The van der Waals surface area contributed by atoms with Gasteiger partial charge in [-0.2, -0.15) is 0 Å². The van der Waals surface area contributed by atoms with Gasteiger partial charge in [-0.15, -0.1) is 0 Å². The summed E-state index contributed by atoms with van der Waals surface area (Å²) >= 11 is 0. The maximum atomic E-state index is 11.5. The summed E-state index contributed by atoms with van der Waals surface area (Å²) in [5.41, 5.74) is 3.79. The van der Waals surface area contributed by atoms with E-state index >= 15 is 0 Å². The first kappa shape index (κ1) is 13.2. The minimum Gasteiger partial charge on any atom is -0.465 e. The lowest BCUT2D eigenvalue weighted by Crippen LogP contribution is -2.01. The predicted octanol–water partition coefficient (Wildman–Crippen LogP) is 3.93. The molecule has 3 aromatic rings. The minimum absolute atomic E-state index is 0.319. The van der Waals surface area contributed by atoms with E-state index in [1.54, 1.807) is 12.1 Å². The summed E-state index contributed by atoms with van der Waals surface area (Å²) < 4.78 is 6.83. The molecule has 0 atom stereocenters. The van der Waals surface area contributed by atoms with Crippen molar-refractivity contribution >= 4 is 5.97 Å². The highest BCUT2D eigenvalue weighted by molar-refractivity contribution is 5.89. The van der Waals surface area contributed by atoms with Gasteiger partial charge in [-0.3, -0.25) is 0 Å². The smallest absolute Gasteiger partial charge is 0.337 e. The van der Waals surface area contributed by atoms with E-state index in [4.69, 9.17) is 4.74 Å². The van der Waals surface area contributed by atoms with Crippen molar-refractivity contribution < 1.29 is 9.53 Å². The van der Waals surface area contributed by atoms with Crippen LogP contribution in [-0.2, 0) is 4.74 Å². The predicted molar refractivity (Wildman–Crippen MR) is 82.5 cm³/mol. The van der Waals surface area contributed by atoms with Crippen LogP contribution in [0.3, 0.4) is 0 Å². The number of aromatic nitrogens is 1. The number of nitrogens with zero attached hydrogens (tertiary/aromatic N) is 1. The molecule has 0 aliphatic heterocycles. The first-order valence-electron chi connectivity index (χ1n) is 6.71. The van der Waals surface area contributed by atoms with Gasteiger partial charge >= 0.3 is 5.97 Å². The molecule has 21 heavy (non-hydrogen) atoms. The van der Waals surface area contributed by atoms with Crippen molar-refractivity contribution in [2.45, 2.75) is 0 Å². The number of hydrogen-bond donors (Lipinski definition) is 0. The standard InChI is InChI=1S/C18H15NO2/c1-21-18(20)15-11-9-14(10-12-15)17-8-5-13-19(17)16-6-3-2-4-7-16/h2-13H,1H3. The zero-order chi connectivity index (χ0) is 14.7. The third-order valence-corrected chi connectivity index (χ3v) is 3.38. The van der Waals surface area contributed by atoms with Gasteiger partial charge in [0.05, 0.1) is 18.4 Å². The molecule has 0 bridgehead atoms. The van der Waals surface area contributed by atoms with E-state index < -0.39 is 0 Å². The molecule has 3 rings (SSSR count). The Bertz CT molecular complexity index is 742. The van der Waals surface area contributed by atoms with Crippen LogP contribution >= 0.6 is 0 Å². The largest absolute Gasteiger partial charge is 0.465 e. The average Bonchev–Trinajstić information content (AvgIpc) is 3.04. The fourth-order valence-corrected chi connectivity index (χ4v) is 2.32. The molecule has 104 valence electrons. The molecule has 0 fully saturated rings.